The van der Waals surface area contributed by atoms with Gasteiger partial charge in [-0.05, 0) is 25.9 Å². The Bertz CT molecular complexity index is 138. The van der Waals surface area contributed by atoms with Gasteiger partial charge in [-0.2, -0.15) is 0 Å². The molecule has 2 nitrogen and oxygen atoms in total. The lowest BCUT2D eigenvalue weighted by molar-refractivity contribution is 0.0130. The van der Waals surface area contributed by atoms with Gasteiger partial charge in [-0.15, -0.1) is 0 Å². The second-order valence-corrected chi connectivity index (χ2v) is 4.24. The van der Waals surface area contributed by atoms with Crippen LogP contribution in [0.15, 0.2) is 0 Å². The zero-order valence-electron chi connectivity index (χ0n) is 7.80. The minimum absolute atomic E-state index is 0.132. The van der Waals surface area contributed by atoms with Gasteiger partial charge in [0.05, 0.1) is 0 Å². The molecule has 0 aromatic rings. The number of hydrogen-bond acceptors (Lipinski definition) is 2. The highest BCUT2D eigenvalue weighted by Gasteiger charge is 2.34. The van der Waals surface area contributed by atoms with E-state index in [1.807, 2.05) is 0 Å². The Hall–Kier alpha value is -0.0800. The molecule has 0 saturated carbocycles. The maximum Gasteiger partial charge on any atom is 0.0499 e. The van der Waals surface area contributed by atoms with Crippen molar-refractivity contribution < 1.29 is 5.11 Å². The largest absolute Gasteiger partial charge is 0.396 e. The molecule has 1 fully saturated rings. The van der Waals surface area contributed by atoms with E-state index in [0.29, 0.717) is 12.5 Å². The Morgan fingerprint density at radius 3 is 2.73 bits per heavy atom. The van der Waals surface area contributed by atoms with E-state index in [4.69, 9.17) is 0 Å². The first kappa shape index (κ1) is 9.01. The van der Waals surface area contributed by atoms with Gasteiger partial charge in [0.2, 0.25) is 0 Å². The number of likely N-dealkylation sites (tertiary alicyclic amines) is 1. The summed E-state index contributed by atoms with van der Waals surface area (Å²) < 4.78 is 0. The van der Waals surface area contributed by atoms with Crippen molar-refractivity contribution in [2.45, 2.75) is 20.3 Å². The van der Waals surface area contributed by atoms with Crippen LogP contribution in [0.2, 0.25) is 0 Å². The fourth-order valence-corrected chi connectivity index (χ4v) is 1.82. The first-order valence-corrected chi connectivity index (χ1v) is 4.38. The molecule has 11 heavy (non-hydrogen) atoms. The molecule has 0 amide bonds. The molecule has 0 bridgehead atoms. The normalized spacial score (nSPS) is 40.9. The second-order valence-electron chi connectivity index (χ2n) is 4.24. The molecular weight excluding hydrogens is 138 g/mol. The summed E-state index contributed by atoms with van der Waals surface area (Å²) in [4.78, 5) is 2.30. The first-order valence-electron chi connectivity index (χ1n) is 4.38. The van der Waals surface area contributed by atoms with Crippen molar-refractivity contribution in [3.63, 3.8) is 0 Å². The van der Waals surface area contributed by atoms with Gasteiger partial charge in [0, 0.05) is 18.6 Å². The topological polar surface area (TPSA) is 23.5 Å². The smallest absolute Gasteiger partial charge is 0.0499 e. The van der Waals surface area contributed by atoms with Gasteiger partial charge in [-0.3, -0.25) is 0 Å². The molecule has 2 atom stereocenters. The molecule has 0 aliphatic carbocycles. The van der Waals surface area contributed by atoms with Crippen LogP contribution in [0.3, 0.4) is 0 Å². The molecule has 2 unspecified atom stereocenters. The molecular formula is C9H19NO. The van der Waals surface area contributed by atoms with Gasteiger partial charge in [0.1, 0.15) is 0 Å². The van der Waals surface area contributed by atoms with E-state index in [9.17, 15) is 5.11 Å². The second kappa shape index (κ2) is 3.11. The standard InChI is InChI=1S/C9H19NO/c1-8-4-5-10(3)6-9(8,2)7-11/h8,11H,4-7H2,1-3H3. The zero-order chi connectivity index (χ0) is 8.48. The summed E-state index contributed by atoms with van der Waals surface area (Å²) in [6.45, 7) is 6.94. The van der Waals surface area contributed by atoms with E-state index in [0.717, 1.165) is 6.54 Å². The van der Waals surface area contributed by atoms with Crippen molar-refractivity contribution in [2.75, 3.05) is 26.7 Å². The predicted octanol–water partition coefficient (Wildman–Crippen LogP) is 0.957. The maximum absolute atomic E-state index is 9.21. The summed E-state index contributed by atoms with van der Waals surface area (Å²) in [6, 6.07) is 0. The van der Waals surface area contributed by atoms with Crippen LogP contribution in [0.5, 0.6) is 0 Å². The van der Waals surface area contributed by atoms with E-state index >= 15 is 0 Å². The summed E-state index contributed by atoms with van der Waals surface area (Å²) in [7, 11) is 2.12. The molecule has 1 heterocycles. The number of piperidine rings is 1. The monoisotopic (exact) mass is 157 g/mol. The first-order chi connectivity index (χ1) is 5.08. The summed E-state index contributed by atoms with van der Waals surface area (Å²) in [5, 5.41) is 9.21. The fraction of sp³-hybridized carbons (Fsp3) is 1.00. The Morgan fingerprint density at radius 1 is 1.64 bits per heavy atom. The van der Waals surface area contributed by atoms with Gasteiger partial charge >= 0.3 is 0 Å². The summed E-state index contributed by atoms with van der Waals surface area (Å²) in [5.74, 6) is 0.656. The van der Waals surface area contributed by atoms with Gasteiger partial charge < -0.3 is 10.0 Å². The Balaban J connectivity index is 2.60. The van der Waals surface area contributed by atoms with Crippen LogP contribution < -0.4 is 0 Å². The molecule has 1 aliphatic heterocycles. The van der Waals surface area contributed by atoms with Crippen molar-refractivity contribution in [1.82, 2.24) is 4.90 Å². The lowest BCUT2D eigenvalue weighted by Gasteiger charge is -2.42. The minimum atomic E-state index is 0.132. The molecule has 0 spiro atoms. The van der Waals surface area contributed by atoms with Crippen molar-refractivity contribution in [2.24, 2.45) is 11.3 Å². The molecule has 0 aromatic heterocycles. The summed E-state index contributed by atoms with van der Waals surface area (Å²) >= 11 is 0. The molecule has 1 aliphatic rings. The van der Waals surface area contributed by atoms with Crippen molar-refractivity contribution in [3.8, 4) is 0 Å². The Kier molecular flexibility index (Phi) is 2.55. The van der Waals surface area contributed by atoms with Crippen molar-refractivity contribution in [3.05, 3.63) is 0 Å². The molecule has 0 aromatic carbocycles. The number of hydrogen-bond donors (Lipinski definition) is 1. The maximum atomic E-state index is 9.21. The van der Waals surface area contributed by atoms with E-state index < -0.39 is 0 Å². The van der Waals surface area contributed by atoms with Crippen LogP contribution in [-0.2, 0) is 0 Å². The van der Waals surface area contributed by atoms with Gasteiger partial charge in [-0.25, -0.2) is 0 Å². The molecule has 1 N–H and O–H groups in total. The number of aliphatic hydroxyl groups excluding tert-OH is 1. The highest BCUT2D eigenvalue weighted by molar-refractivity contribution is 4.86. The van der Waals surface area contributed by atoms with Crippen LogP contribution in [0, 0.1) is 11.3 Å². The highest BCUT2D eigenvalue weighted by atomic mass is 16.3. The lowest BCUT2D eigenvalue weighted by atomic mass is 9.74. The van der Waals surface area contributed by atoms with Crippen molar-refractivity contribution >= 4 is 0 Å². The van der Waals surface area contributed by atoms with Gasteiger partial charge in [0.25, 0.3) is 0 Å². The quantitative estimate of drug-likeness (QED) is 0.613. The lowest BCUT2D eigenvalue weighted by Crippen LogP contribution is -2.46. The third kappa shape index (κ3) is 1.74. The average molecular weight is 157 g/mol. The van der Waals surface area contributed by atoms with Crippen molar-refractivity contribution in [1.29, 1.82) is 0 Å². The van der Waals surface area contributed by atoms with Gasteiger partial charge in [-0.1, -0.05) is 13.8 Å². The number of aliphatic hydroxyl groups is 1. The van der Waals surface area contributed by atoms with E-state index in [2.05, 4.69) is 25.8 Å². The third-order valence-electron chi connectivity index (χ3n) is 3.13. The average Bonchev–Trinajstić information content (AvgIpc) is 1.98. The van der Waals surface area contributed by atoms with E-state index in [-0.39, 0.29) is 5.41 Å². The zero-order valence-corrected chi connectivity index (χ0v) is 7.80. The summed E-state index contributed by atoms with van der Waals surface area (Å²) in [5.41, 5.74) is 0.132. The van der Waals surface area contributed by atoms with E-state index in [1.54, 1.807) is 0 Å². The predicted molar refractivity (Wildman–Crippen MR) is 46.5 cm³/mol. The third-order valence-corrected chi connectivity index (χ3v) is 3.13. The van der Waals surface area contributed by atoms with E-state index in [1.165, 1.54) is 13.0 Å². The molecule has 1 rings (SSSR count). The highest BCUT2D eigenvalue weighted by Crippen LogP contribution is 2.33. The Morgan fingerprint density at radius 2 is 2.27 bits per heavy atom. The van der Waals surface area contributed by atoms with Crippen LogP contribution in [0.1, 0.15) is 20.3 Å². The number of nitrogens with zero attached hydrogens (tertiary/aromatic N) is 1. The summed E-state index contributed by atoms with van der Waals surface area (Å²) in [6.07, 6.45) is 1.22. The minimum Gasteiger partial charge on any atom is -0.396 e. The van der Waals surface area contributed by atoms with Crippen LogP contribution in [0.4, 0.5) is 0 Å². The number of rotatable bonds is 1. The Labute approximate surface area is 69.2 Å². The van der Waals surface area contributed by atoms with Crippen LogP contribution in [-0.4, -0.2) is 36.8 Å². The van der Waals surface area contributed by atoms with Crippen LogP contribution >= 0.6 is 0 Å². The molecule has 66 valence electrons. The fourth-order valence-electron chi connectivity index (χ4n) is 1.82. The van der Waals surface area contributed by atoms with Gasteiger partial charge in [0.15, 0.2) is 0 Å². The van der Waals surface area contributed by atoms with Crippen LogP contribution in [0.25, 0.3) is 0 Å². The molecule has 0 radical (unpaired) electrons. The molecule has 1 saturated heterocycles. The SMILES string of the molecule is CC1CCN(C)CC1(C)CO. The molecule has 2 heteroatoms.